The largest absolute Gasteiger partial charge is 0.490 e. The summed E-state index contributed by atoms with van der Waals surface area (Å²) in [5, 5.41) is 4.03. The van der Waals surface area contributed by atoms with Crippen LogP contribution in [0.5, 0.6) is 5.75 Å². The molecule has 1 aromatic carbocycles. The molecule has 0 saturated carbocycles. The van der Waals surface area contributed by atoms with Gasteiger partial charge < -0.3 is 4.74 Å². The molecule has 6 heteroatoms. The number of nitrogens with zero attached hydrogens (tertiary/aromatic N) is 3. The lowest BCUT2D eigenvalue weighted by Gasteiger charge is -2.04. The topological polar surface area (TPSA) is 68.0 Å². The van der Waals surface area contributed by atoms with Crippen molar-refractivity contribution in [2.75, 3.05) is 6.61 Å². The van der Waals surface area contributed by atoms with Crippen molar-refractivity contribution in [3.05, 3.63) is 78.3 Å². The van der Waals surface area contributed by atoms with Crippen molar-refractivity contribution < 1.29 is 9.53 Å². The first-order chi connectivity index (χ1) is 12.2. The van der Waals surface area contributed by atoms with Gasteiger partial charge in [0.1, 0.15) is 23.7 Å². The second-order valence-electron chi connectivity index (χ2n) is 5.35. The Hall–Kier alpha value is -3.41. The lowest BCUT2D eigenvalue weighted by Crippen LogP contribution is -2.20. The van der Waals surface area contributed by atoms with Gasteiger partial charge in [0.2, 0.25) is 0 Å². The van der Waals surface area contributed by atoms with Gasteiger partial charge in [-0.2, -0.15) is 5.10 Å². The number of hydrogen-bond donors (Lipinski definition) is 1. The number of benzene rings is 1. The first-order valence-corrected chi connectivity index (χ1v) is 7.80. The minimum absolute atomic E-state index is 0.313. The SMILES string of the molecule is C=CCOc1cccc(/C=N\NC(=O)c2c(C)nc3ccccn23)c1. The first-order valence-electron chi connectivity index (χ1n) is 7.80. The van der Waals surface area contributed by atoms with Crippen LogP contribution in [0.2, 0.25) is 0 Å². The highest BCUT2D eigenvalue weighted by atomic mass is 16.5. The molecule has 0 aliphatic heterocycles. The summed E-state index contributed by atoms with van der Waals surface area (Å²) in [6.07, 6.45) is 5.05. The highest BCUT2D eigenvalue weighted by molar-refractivity contribution is 5.95. The summed E-state index contributed by atoms with van der Waals surface area (Å²) in [5.74, 6) is 0.402. The molecule has 3 rings (SSSR count). The van der Waals surface area contributed by atoms with E-state index in [0.717, 1.165) is 11.2 Å². The fraction of sp³-hybridized carbons (Fsp3) is 0.105. The van der Waals surface area contributed by atoms with Gasteiger partial charge >= 0.3 is 0 Å². The van der Waals surface area contributed by atoms with Crippen LogP contribution in [0, 0.1) is 6.92 Å². The Balaban J connectivity index is 1.72. The van der Waals surface area contributed by atoms with E-state index >= 15 is 0 Å². The predicted molar refractivity (Wildman–Crippen MR) is 97.1 cm³/mol. The van der Waals surface area contributed by atoms with Crippen LogP contribution in [-0.4, -0.2) is 28.1 Å². The molecule has 0 spiro atoms. The molecule has 0 aliphatic rings. The summed E-state index contributed by atoms with van der Waals surface area (Å²) in [6.45, 7) is 5.85. The predicted octanol–water partition coefficient (Wildman–Crippen LogP) is 2.97. The number of fused-ring (bicyclic) bond motifs is 1. The molecule has 1 N–H and O–H groups in total. The van der Waals surface area contributed by atoms with Gasteiger partial charge in [-0.1, -0.05) is 30.9 Å². The molecule has 126 valence electrons. The number of ether oxygens (including phenoxy) is 1. The van der Waals surface area contributed by atoms with E-state index in [1.54, 1.807) is 29.8 Å². The third kappa shape index (κ3) is 3.74. The summed E-state index contributed by atoms with van der Waals surface area (Å²) in [5.41, 5.74) is 5.20. The van der Waals surface area contributed by atoms with E-state index in [1.165, 1.54) is 0 Å². The van der Waals surface area contributed by atoms with Crippen LogP contribution in [0.3, 0.4) is 0 Å². The Morgan fingerprint density at radius 2 is 2.24 bits per heavy atom. The molecule has 0 fully saturated rings. The number of hydrogen-bond acceptors (Lipinski definition) is 4. The molecule has 0 aliphatic carbocycles. The number of aromatic nitrogens is 2. The summed E-state index contributed by atoms with van der Waals surface area (Å²) < 4.78 is 7.21. The molecule has 0 unspecified atom stereocenters. The minimum Gasteiger partial charge on any atom is -0.490 e. The van der Waals surface area contributed by atoms with Gasteiger partial charge in [-0.05, 0) is 36.8 Å². The molecule has 0 saturated heterocycles. The number of carbonyl (C=O) groups excluding carboxylic acids is 1. The number of hydrazone groups is 1. The maximum atomic E-state index is 12.4. The Labute approximate surface area is 145 Å². The molecule has 6 nitrogen and oxygen atoms in total. The van der Waals surface area contributed by atoms with Crippen molar-refractivity contribution in [3.8, 4) is 5.75 Å². The fourth-order valence-electron chi connectivity index (χ4n) is 2.45. The molecule has 2 heterocycles. The Kier molecular flexibility index (Phi) is 4.89. The summed E-state index contributed by atoms with van der Waals surface area (Å²) in [7, 11) is 0. The second-order valence-corrected chi connectivity index (χ2v) is 5.35. The molecular weight excluding hydrogens is 316 g/mol. The van der Waals surface area contributed by atoms with Crippen molar-refractivity contribution in [3.63, 3.8) is 0 Å². The van der Waals surface area contributed by atoms with Crippen molar-refractivity contribution >= 4 is 17.8 Å². The van der Waals surface area contributed by atoms with E-state index in [4.69, 9.17) is 4.74 Å². The van der Waals surface area contributed by atoms with Gasteiger partial charge in [0.25, 0.3) is 5.91 Å². The van der Waals surface area contributed by atoms with Gasteiger partial charge in [-0.3, -0.25) is 9.20 Å². The Morgan fingerprint density at radius 1 is 1.36 bits per heavy atom. The van der Waals surface area contributed by atoms with Gasteiger partial charge in [0, 0.05) is 6.20 Å². The van der Waals surface area contributed by atoms with Crippen LogP contribution >= 0.6 is 0 Å². The third-order valence-corrected chi connectivity index (χ3v) is 3.52. The van der Waals surface area contributed by atoms with Crippen molar-refractivity contribution in [1.82, 2.24) is 14.8 Å². The third-order valence-electron chi connectivity index (χ3n) is 3.52. The molecule has 0 radical (unpaired) electrons. The number of carbonyl (C=O) groups is 1. The summed E-state index contributed by atoms with van der Waals surface area (Å²) in [6, 6.07) is 13.0. The maximum Gasteiger partial charge on any atom is 0.290 e. The molecule has 0 bridgehead atoms. The summed E-state index contributed by atoms with van der Waals surface area (Å²) >= 11 is 0. The average molecular weight is 334 g/mol. The molecule has 25 heavy (non-hydrogen) atoms. The minimum atomic E-state index is -0.313. The molecule has 3 aromatic rings. The van der Waals surface area contributed by atoms with Crippen LogP contribution in [0.1, 0.15) is 21.7 Å². The number of nitrogens with one attached hydrogen (secondary N) is 1. The normalized spacial score (nSPS) is 10.9. The van der Waals surface area contributed by atoms with Crippen LogP contribution in [0.4, 0.5) is 0 Å². The number of imidazole rings is 1. The van der Waals surface area contributed by atoms with E-state index in [-0.39, 0.29) is 5.91 Å². The number of rotatable bonds is 6. The Bertz CT molecular complexity index is 944. The lowest BCUT2D eigenvalue weighted by atomic mass is 10.2. The van der Waals surface area contributed by atoms with Gasteiger partial charge in [0.15, 0.2) is 0 Å². The van der Waals surface area contributed by atoms with E-state index in [1.807, 2.05) is 42.5 Å². The van der Waals surface area contributed by atoms with Crippen LogP contribution in [0.25, 0.3) is 5.65 Å². The van der Waals surface area contributed by atoms with E-state index in [2.05, 4.69) is 22.1 Å². The van der Waals surface area contributed by atoms with Gasteiger partial charge in [-0.15, -0.1) is 0 Å². The van der Waals surface area contributed by atoms with E-state index in [0.29, 0.717) is 23.7 Å². The summed E-state index contributed by atoms with van der Waals surface area (Å²) in [4.78, 5) is 16.8. The van der Waals surface area contributed by atoms with Gasteiger partial charge in [-0.25, -0.2) is 10.4 Å². The molecule has 0 atom stereocenters. The first kappa shape index (κ1) is 16.4. The average Bonchev–Trinajstić information content (AvgIpc) is 2.96. The molecule has 1 amide bonds. The van der Waals surface area contributed by atoms with Crippen LogP contribution < -0.4 is 10.2 Å². The molecular formula is C19H18N4O2. The Morgan fingerprint density at radius 3 is 3.08 bits per heavy atom. The number of aryl methyl sites for hydroxylation is 1. The fourth-order valence-corrected chi connectivity index (χ4v) is 2.45. The highest BCUT2D eigenvalue weighted by Gasteiger charge is 2.15. The van der Waals surface area contributed by atoms with Gasteiger partial charge in [0.05, 0.1) is 11.9 Å². The highest BCUT2D eigenvalue weighted by Crippen LogP contribution is 2.13. The van der Waals surface area contributed by atoms with Crippen molar-refractivity contribution in [2.45, 2.75) is 6.92 Å². The standard InChI is InChI=1S/C19H18N4O2/c1-3-11-25-16-8-6-7-15(12-16)13-20-22-19(24)18-14(2)21-17-9-4-5-10-23(17)18/h3-10,12-13H,1,11H2,2H3,(H,22,24)/b20-13-. The van der Waals surface area contributed by atoms with E-state index in [9.17, 15) is 4.79 Å². The zero-order chi connectivity index (χ0) is 17.6. The number of amides is 1. The monoisotopic (exact) mass is 334 g/mol. The van der Waals surface area contributed by atoms with Crippen LogP contribution in [-0.2, 0) is 0 Å². The number of pyridine rings is 1. The zero-order valence-electron chi connectivity index (χ0n) is 13.8. The smallest absolute Gasteiger partial charge is 0.290 e. The lowest BCUT2D eigenvalue weighted by molar-refractivity contribution is 0.0948. The quantitative estimate of drug-likeness (QED) is 0.428. The second kappa shape index (κ2) is 7.44. The van der Waals surface area contributed by atoms with Crippen LogP contribution in [0.15, 0.2) is 66.4 Å². The van der Waals surface area contributed by atoms with E-state index < -0.39 is 0 Å². The molecule has 2 aromatic heterocycles. The van der Waals surface area contributed by atoms with Crippen molar-refractivity contribution in [1.29, 1.82) is 0 Å². The maximum absolute atomic E-state index is 12.4. The van der Waals surface area contributed by atoms with Crippen molar-refractivity contribution in [2.24, 2.45) is 5.10 Å². The zero-order valence-corrected chi connectivity index (χ0v) is 13.8.